The van der Waals surface area contributed by atoms with Crippen LogP contribution in [0, 0.1) is 29.3 Å². The summed E-state index contributed by atoms with van der Waals surface area (Å²) in [6, 6.07) is 10.8. The summed E-state index contributed by atoms with van der Waals surface area (Å²) in [5.41, 5.74) is 2.83. The lowest BCUT2D eigenvalue weighted by atomic mass is 9.79. The van der Waals surface area contributed by atoms with Gasteiger partial charge in [0.1, 0.15) is 23.2 Å². The van der Waals surface area contributed by atoms with Crippen LogP contribution in [0.3, 0.4) is 0 Å². The first kappa shape index (κ1) is 26.7. The number of halogens is 6. The average Bonchev–Trinajstić information content (AvgIpc) is 2.82. The predicted molar refractivity (Wildman–Crippen MR) is 130 cm³/mol. The minimum atomic E-state index is -4.78. The van der Waals surface area contributed by atoms with E-state index in [1.54, 1.807) is 6.07 Å². The number of hydrogen-bond donors (Lipinski definition) is 0. The van der Waals surface area contributed by atoms with Gasteiger partial charge in [0, 0.05) is 11.1 Å². The number of fused-ring (bicyclic) bond motifs is 1. The average molecular weight is 517 g/mol. The summed E-state index contributed by atoms with van der Waals surface area (Å²) in [5, 5.41) is 0. The van der Waals surface area contributed by atoms with Crippen molar-refractivity contribution in [3.05, 3.63) is 99.4 Å². The van der Waals surface area contributed by atoms with Crippen molar-refractivity contribution in [2.45, 2.75) is 64.1 Å². The molecule has 0 saturated heterocycles. The summed E-state index contributed by atoms with van der Waals surface area (Å²) >= 11 is 0. The van der Waals surface area contributed by atoms with Crippen molar-refractivity contribution in [1.29, 1.82) is 0 Å². The van der Waals surface area contributed by atoms with Crippen molar-refractivity contribution in [3.63, 3.8) is 0 Å². The Balaban J connectivity index is 1.49. The van der Waals surface area contributed by atoms with E-state index in [1.165, 1.54) is 30.3 Å². The summed E-state index contributed by atoms with van der Waals surface area (Å²) in [6.45, 7) is 2.07. The van der Waals surface area contributed by atoms with E-state index >= 15 is 0 Å². The molecule has 1 nitrogen and oxygen atoms in total. The highest BCUT2D eigenvalue weighted by Gasteiger charge is 2.31. The fraction of sp³-hybridized carbons (Fsp3) is 0.333. The molecule has 0 radical (unpaired) electrons. The Labute approximate surface area is 212 Å². The maximum atomic E-state index is 14.9. The van der Waals surface area contributed by atoms with Gasteiger partial charge < -0.3 is 4.74 Å². The molecule has 1 aliphatic rings. The molecular formula is C30H26F6O. The molecule has 0 fully saturated rings. The molecule has 37 heavy (non-hydrogen) atoms. The number of hydrogen-bond acceptors (Lipinski definition) is 1. The maximum absolute atomic E-state index is 14.9. The minimum Gasteiger partial charge on any atom is -0.406 e. The van der Waals surface area contributed by atoms with Gasteiger partial charge in [0.2, 0.25) is 0 Å². The van der Waals surface area contributed by atoms with Crippen molar-refractivity contribution < 1.29 is 31.1 Å². The Morgan fingerprint density at radius 1 is 0.865 bits per heavy atom. The topological polar surface area (TPSA) is 9.23 Å². The van der Waals surface area contributed by atoms with E-state index < -0.39 is 23.8 Å². The maximum Gasteiger partial charge on any atom is 0.573 e. The van der Waals surface area contributed by atoms with Gasteiger partial charge >= 0.3 is 6.36 Å². The second-order valence-corrected chi connectivity index (χ2v) is 9.29. The lowest BCUT2D eigenvalue weighted by Gasteiger charge is -2.26. The number of ether oxygens (including phenoxy) is 1. The zero-order valence-electron chi connectivity index (χ0n) is 20.3. The van der Waals surface area contributed by atoms with E-state index in [4.69, 9.17) is 0 Å². The van der Waals surface area contributed by atoms with E-state index in [0.717, 1.165) is 37.0 Å². The first-order valence-corrected chi connectivity index (χ1v) is 12.3. The van der Waals surface area contributed by atoms with Gasteiger partial charge in [-0.1, -0.05) is 31.6 Å². The monoisotopic (exact) mass is 516 g/mol. The summed E-state index contributed by atoms with van der Waals surface area (Å²) in [5.74, 6) is 3.07. The Hall–Kier alpha value is -3.40. The van der Waals surface area contributed by atoms with E-state index in [-0.39, 0.29) is 22.8 Å². The van der Waals surface area contributed by atoms with Crippen LogP contribution >= 0.6 is 0 Å². The van der Waals surface area contributed by atoms with Gasteiger partial charge in [0.05, 0.1) is 5.56 Å². The highest BCUT2D eigenvalue weighted by molar-refractivity contribution is 5.48. The second kappa shape index (κ2) is 11.3. The minimum absolute atomic E-state index is 0.0621. The molecule has 0 saturated carbocycles. The van der Waals surface area contributed by atoms with Gasteiger partial charge in [-0.2, -0.15) is 0 Å². The molecule has 0 spiro atoms. The van der Waals surface area contributed by atoms with E-state index in [0.29, 0.717) is 42.4 Å². The molecule has 1 atom stereocenters. The van der Waals surface area contributed by atoms with Gasteiger partial charge in [-0.25, -0.2) is 13.2 Å². The van der Waals surface area contributed by atoms with Crippen LogP contribution in [0.25, 0.3) is 0 Å². The summed E-state index contributed by atoms with van der Waals surface area (Å²) in [4.78, 5) is 0. The molecule has 0 heterocycles. The molecule has 3 aromatic rings. The molecule has 194 valence electrons. The van der Waals surface area contributed by atoms with Gasteiger partial charge in [-0.05, 0) is 103 Å². The van der Waals surface area contributed by atoms with Crippen LogP contribution in [0.4, 0.5) is 26.3 Å². The molecule has 1 unspecified atom stereocenters. The Bertz CT molecular complexity index is 1290. The van der Waals surface area contributed by atoms with Crippen molar-refractivity contribution in [2.75, 3.05) is 0 Å². The fourth-order valence-corrected chi connectivity index (χ4v) is 4.75. The van der Waals surface area contributed by atoms with E-state index in [2.05, 4.69) is 23.5 Å². The third-order valence-corrected chi connectivity index (χ3v) is 6.56. The number of benzene rings is 3. The van der Waals surface area contributed by atoms with Crippen LogP contribution in [0.2, 0.25) is 0 Å². The van der Waals surface area contributed by atoms with Gasteiger partial charge in [0.25, 0.3) is 0 Å². The van der Waals surface area contributed by atoms with Crippen LogP contribution in [-0.2, 0) is 19.3 Å². The van der Waals surface area contributed by atoms with E-state index in [9.17, 15) is 26.3 Å². The number of alkyl halides is 3. The van der Waals surface area contributed by atoms with Gasteiger partial charge in [-0.15, -0.1) is 13.2 Å². The van der Waals surface area contributed by atoms with Crippen molar-refractivity contribution in [1.82, 2.24) is 0 Å². The van der Waals surface area contributed by atoms with Crippen molar-refractivity contribution in [2.24, 2.45) is 0 Å². The van der Waals surface area contributed by atoms with Gasteiger partial charge in [-0.3, -0.25) is 0 Å². The Morgan fingerprint density at radius 2 is 1.57 bits per heavy atom. The molecule has 0 aromatic heterocycles. The Kier molecular flexibility index (Phi) is 8.16. The third kappa shape index (κ3) is 6.88. The fourth-order valence-electron chi connectivity index (χ4n) is 4.75. The number of unbranched alkanes of at least 4 members (excludes halogenated alkanes) is 2. The Morgan fingerprint density at radius 3 is 2.22 bits per heavy atom. The van der Waals surface area contributed by atoms with Crippen molar-refractivity contribution >= 4 is 0 Å². The van der Waals surface area contributed by atoms with E-state index in [1.807, 2.05) is 0 Å². The van der Waals surface area contributed by atoms with Crippen LogP contribution in [-0.4, -0.2) is 6.36 Å². The zero-order valence-corrected chi connectivity index (χ0v) is 20.3. The molecule has 3 aromatic carbocycles. The van der Waals surface area contributed by atoms with Gasteiger partial charge in [0.15, 0.2) is 0 Å². The second-order valence-electron chi connectivity index (χ2n) is 9.29. The van der Waals surface area contributed by atoms with Crippen LogP contribution in [0.1, 0.15) is 71.9 Å². The largest absolute Gasteiger partial charge is 0.573 e. The molecule has 0 bridgehead atoms. The molecular weight excluding hydrogens is 490 g/mol. The summed E-state index contributed by atoms with van der Waals surface area (Å²) in [6.07, 6.45) is 0.139. The zero-order chi connectivity index (χ0) is 26.6. The molecule has 7 heteroatoms. The molecule has 0 amide bonds. The third-order valence-electron chi connectivity index (χ3n) is 6.56. The van der Waals surface area contributed by atoms with Crippen LogP contribution in [0.5, 0.6) is 5.75 Å². The van der Waals surface area contributed by atoms with Crippen LogP contribution < -0.4 is 4.74 Å². The highest BCUT2D eigenvalue weighted by Crippen LogP contribution is 2.36. The molecule has 0 aliphatic heterocycles. The van der Waals surface area contributed by atoms with Crippen LogP contribution in [0.15, 0.2) is 48.5 Å². The van der Waals surface area contributed by atoms with Crippen molar-refractivity contribution in [3.8, 4) is 17.6 Å². The first-order chi connectivity index (χ1) is 17.6. The highest BCUT2D eigenvalue weighted by atomic mass is 19.4. The lowest BCUT2D eigenvalue weighted by molar-refractivity contribution is -0.274. The smallest absolute Gasteiger partial charge is 0.406 e. The predicted octanol–water partition coefficient (Wildman–Crippen LogP) is 8.41. The molecule has 4 rings (SSSR count). The number of aryl methyl sites for hydroxylation is 2. The SMILES string of the molecule is CCCCCc1cc(F)c(C2CCc3cc(C#Cc4ccc(OC(F)(F)F)cc4)c(F)cc3C2)c(F)c1. The molecule has 1 aliphatic carbocycles. The lowest BCUT2D eigenvalue weighted by Crippen LogP contribution is -2.17. The standard InChI is InChI=1S/C30H26F6O/c1-2-3-4-5-20-14-27(32)29(28(33)15-20)23-11-10-21-16-22(26(31)18-24(21)17-23)9-6-19-7-12-25(13-8-19)37-30(34,35)36/h7-8,12-16,18,23H,2-5,10-11,17H2,1H3. The first-order valence-electron chi connectivity index (χ1n) is 12.3. The number of rotatable bonds is 6. The summed E-state index contributed by atoms with van der Waals surface area (Å²) < 4.78 is 85.3. The quantitative estimate of drug-likeness (QED) is 0.182. The summed E-state index contributed by atoms with van der Waals surface area (Å²) in [7, 11) is 0. The molecule has 0 N–H and O–H groups in total. The normalized spacial score (nSPS) is 15.1.